The van der Waals surface area contributed by atoms with Gasteiger partial charge in [0.2, 0.25) is 0 Å². The molecule has 2 aromatic rings. The smallest absolute Gasteiger partial charge is 0.272 e. The second-order valence-electron chi connectivity index (χ2n) is 4.93. The molecule has 0 radical (unpaired) electrons. The van der Waals surface area contributed by atoms with Crippen LogP contribution in [0.3, 0.4) is 0 Å². The van der Waals surface area contributed by atoms with Crippen LogP contribution in [0.4, 0.5) is 10.1 Å². The van der Waals surface area contributed by atoms with Crippen LogP contribution >= 0.6 is 0 Å². The molecule has 21 heavy (non-hydrogen) atoms. The number of likely N-dealkylation sites (N-methyl/N-ethyl adjacent to an activating group) is 1. The first-order valence-electron chi connectivity index (χ1n) is 6.68. The van der Waals surface area contributed by atoms with E-state index in [1.165, 1.54) is 18.2 Å². The van der Waals surface area contributed by atoms with Gasteiger partial charge in [-0.1, -0.05) is 24.3 Å². The molecule has 2 aromatic carbocycles. The molecule has 0 fully saturated rings. The fraction of sp³-hybridized carbons (Fsp3) is 0.250. The van der Waals surface area contributed by atoms with Crippen LogP contribution in [0.2, 0.25) is 0 Å². The summed E-state index contributed by atoms with van der Waals surface area (Å²) in [7, 11) is 1.77. The Hall–Kier alpha value is -2.27. The van der Waals surface area contributed by atoms with Crippen molar-refractivity contribution in [3.05, 3.63) is 75.1 Å². The highest BCUT2D eigenvalue weighted by Crippen LogP contribution is 2.26. The highest BCUT2D eigenvalue weighted by atomic mass is 19.1. The first-order valence-corrected chi connectivity index (χ1v) is 6.68. The zero-order chi connectivity index (χ0) is 15.4. The molecule has 1 N–H and O–H groups in total. The SMILES string of the molecule is CNC(Cc1ccccc1[N+](=O)[O-])c1cc(F)ccc1C. The highest BCUT2D eigenvalue weighted by Gasteiger charge is 2.19. The minimum atomic E-state index is -0.388. The number of para-hydroxylation sites is 1. The van der Waals surface area contributed by atoms with Crippen LogP contribution < -0.4 is 5.32 Å². The second-order valence-corrected chi connectivity index (χ2v) is 4.93. The highest BCUT2D eigenvalue weighted by molar-refractivity contribution is 5.41. The third kappa shape index (κ3) is 3.44. The summed E-state index contributed by atoms with van der Waals surface area (Å²) in [5.41, 5.74) is 2.49. The van der Waals surface area contributed by atoms with Gasteiger partial charge in [-0.15, -0.1) is 0 Å². The van der Waals surface area contributed by atoms with Crippen LogP contribution in [0.1, 0.15) is 22.7 Å². The van der Waals surface area contributed by atoms with Gasteiger partial charge in [-0.3, -0.25) is 10.1 Å². The predicted octanol–water partition coefficient (Wildman–Crippen LogP) is 3.55. The van der Waals surface area contributed by atoms with Crippen molar-refractivity contribution in [2.24, 2.45) is 0 Å². The van der Waals surface area contributed by atoms with Crippen molar-refractivity contribution in [2.75, 3.05) is 7.05 Å². The van der Waals surface area contributed by atoms with Gasteiger partial charge < -0.3 is 5.32 Å². The molecule has 110 valence electrons. The molecular formula is C16H17FN2O2. The molecule has 0 amide bonds. The van der Waals surface area contributed by atoms with Crippen LogP contribution in [0.15, 0.2) is 42.5 Å². The van der Waals surface area contributed by atoms with Crippen molar-refractivity contribution in [3.8, 4) is 0 Å². The molecule has 0 aromatic heterocycles. The zero-order valence-electron chi connectivity index (χ0n) is 12.0. The van der Waals surface area contributed by atoms with Gasteiger partial charge in [-0.2, -0.15) is 0 Å². The molecule has 0 aliphatic rings. The summed E-state index contributed by atoms with van der Waals surface area (Å²) in [6, 6.07) is 11.1. The van der Waals surface area contributed by atoms with E-state index in [1.807, 2.05) is 6.92 Å². The van der Waals surface area contributed by atoms with E-state index in [-0.39, 0.29) is 22.5 Å². The Kier molecular flexibility index (Phi) is 4.65. The van der Waals surface area contributed by atoms with E-state index >= 15 is 0 Å². The number of nitro groups is 1. The molecule has 0 spiro atoms. The van der Waals surface area contributed by atoms with Gasteiger partial charge >= 0.3 is 0 Å². The summed E-state index contributed by atoms with van der Waals surface area (Å²) in [5.74, 6) is -0.307. The predicted molar refractivity (Wildman–Crippen MR) is 79.7 cm³/mol. The largest absolute Gasteiger partial charge is 0.313 e. The van der Waals surface area contributed by atoms with E-state index in [0.29, 0.717) is 12.0 Å². The number of benzene rings is 2. The molecule has 0 saturated carbocycles. The summed E-state index contributed by atoms with van der Waals surface area (Å²) < 4.78 is 13.5. The Bertz CT molecular complexity index is 658. The Morgan fingerprint density at radius 1 is 1.29 bits per heavy atom. The number of hydrogen-bond donors (Lipinski definition) is 1. The number of nitro benzene ring substituents is 1. The summed E-state index contributed by atoms with van der Waals surface area (Å²) in [6.07, 6.45) is 0.429. The lowest BCUT2D eigenvalue weighted by molar-refractivity contribution is -0.385. The van der Waals surface area contributed by atoms with Crippen LogP contribution in [0.25, 0.3) is 0 Å². The van der Waals surface area contributed by atoms with Gasteiger partial charge in [-0.05, 0) is 43.7 Å². The maximum absolute atomic E-state index is 13.5. The van der Waals surface area contributed by atoms with E-state index in [4.69, 9.17) is 0 Å². The van der Waals surface area contributed by atoms with Crippen molar-refractivity contribution >= 4 is 5.69 Å². The van der Waals surface area contributed by atoms with Crippen LogP contribution in [-0.2, 0) is 6.42 Å². The lowest BCUT2D eigenvalue weighted by atomic mass is 9.94. The van der Waals surface area contributed by atoms with Gasteiger partial charge in [-0.25, -0.2) is 4.39 Å². The van der Waals surface area contributed by atoms with Gasteiger partial charge in [0.1, 0.15) is 5.82 Å². The van der Waals surface area contributed by atoms with Gasteiger partial charge in [0.05, 0.1) is 4.92 Å². The lowest BCUT2D eigenvalue weighted by Gasteiger charge is -2.19. The van der Waals surface area contributed by atoms with E-state index in [2.05, 4.69) is 5.32 Å². The van der Waals surface area contributed by atoms with E-state index in [1.54, 1.807) is 31.3 Å². The van der Waals surface area contributed by atoms with Crippen molar-refractivity contribution in [1.82, 2.24) is 5.32 Å². The number of nitrogens with one attached hydrogen (secondary N) is 1. The molecule has 0 aliphatic heterocycles. The van der Waals surface area contributed by atoms with Gasteiger partial charge in [0.25, 0.3) is 5.69 Å². The molecule has 2 rings (SSSR count). The minimum Gasteiger partial charge on any atom is -0.313 e. The van der Waals surface area contributed by atoms with Crippen molar-refractivity contribution in [1.29, 1.82) is 0 Å². The number of hydrogen-bond acceptors (Lipinski definition) is 3. The molecule has 0 bridgehead atoms. The third-order valence-corrected chi connectivity index (χ3v) is 3.58. The first kappa shape index (κ1) is 15.1. The minimum absolute atomic E-state index is 0.0896. The summed E-state index contributed by atoms with van der Waals surface area (Å²) in [4.78, 5) is 10.7. The fourth-order valence-corrected chi connectivity index (χ4v) is 2.44. The van der Waals surface area contributed by atoms with E-state index in [9.17, 15) is 14.5 Å². The quantitative estimate of drug-likeness (QED) is 0.676. The summed E-state index contributed by atoms with van der Waals surface area (Å²) in [6.45, 7) is 1.90. The van der Waals surface area contributed by atoms with Crippen LogP contribution in [0, 0.1) is 22.9 Å². The maximum Gasteiger partial charge on any atom is 0.272 e. The molecular weight excluding hydrogens is 271 g/mol. The molecule has 0 heterocycles. The second kappa shape index (κ2) is 6.45. The third-order valence-electron chi connectivity index (χ3n) is 3.58. The fourth-order valence-electron chi connectivity index (χ4n) is 2.44. The summed E-state index contributed by atoms with van der Waals surface area (Å²) in [5, 5.41) is 14.2. The molecule has 5 heteroatoms. The Morgan fingerprint density at radius 3 is 2.67 bits per heavy atom. The maximum atomic E-state index is 13.5. The topological polar surface area (TPSA) is 55.2 Å². The molecule has 1 unspecified atom stereocenters. The Labute approximate surface area is 122 Å². The van der Waals surface area contributed by atoms with Gasteiger partial charge in [0, 0.05) is 17.7 Å². The number of aryl methyl sites for hydroxylation is 1. The number of halogens is 1. The number of rotatable bonds is 5. The normalized spacial score (nSPS) is 12.1. The van der Waals surface area contributed by atoms with Crippen LogP contribution in [0.5, 0.6) is 0 Å². The Balaban J connectivity index is 2.36. The van der Waals surface area contributed by atoms with Crippen molar-refractivity contribution in [2.45, 2.75) is 19.4 Å². The molecule has 0 saturated heterocycles. The lowest BCUT2D eigenvalue weighted by Crippen LogP contribution is -2.20. The average molecular weight is 288 g/mol. The average Bonchev–Trinajstić information content (AvgIpc) is 2.47. The zero-order valence-corrected chi connectivity index (χ0v) is 12.0. The Morgan fingerprint density at radius 2 is 2.00 bits per heavy atom. The number of nitrogens with zero attached hydrogens (tertiary/aromatic N) is 1. The molecule has 4 nitrogen and oxygen atoms in total. The molecule has 1 atom stereocenters. The standard InChI is InChI=1S/C16H17FN2O2/c1-11-7-8-13(17)10-14(11)15(18-2)9-12-5-3-4-6-16(12)19(20)21/h3-8,10,15,18H,9H2,1-2H3. The molecule has 0 aliphatic carbocycles. The van der Waals surface area contributed by atoms with Gasteiger partial charge in [0.15, 0.2) is 0 Å². The van der Waals surface area contributed by atoms with E-state index < -0.39 is 0 Å². The summed E-state index contributed by atoms with van der Waals surface area (Å²) >= 11 is 0. The van der Waals surface area contributed by atoms with Crippen molar-refractivity contribution in [3.63, 3.8) is 0 Å². The van der Waals surface area contributed by atoms with Crippen molar-refractivity contribution < 1.29 is 9.31 Å². The van der Waals surface area contributed by atoms with Crippen LogP contribution in [-0.4, -0.2) is 12.0 Å². The first-order chi connectivity index (χ1) is 10.0. The van der Waals surface area contributed by atoms with E-state index in [0.717, 1.165) is 11.1 Å². The monoisotopic (exact) mass is 288 g/mol.